The molecule has 0 saturated carbocycles. The Balaban J connectivity index is 1.41. The largest absolute Gasteiger partial charge is 0.338 e. The van der Waals surface area contributed by atoms with Gasteiger partial charge < -0.3 is 9.84 Å². The standard InChI is InChI=1S/C15H20N4OS/c1-19(12-7-10-4-5-11(8-12)16-10)9-14-17-15(18-20-14)13-3-2-6-21-13/h2-3,6,10-12,16H,4-5,7-9H2,1H3. The monoisotopic (exact) mass is 304 g/mol. The number of rotatable bonds is 4. The lowest BCUT2D eigenvalue weighted by molar-refractivity contribution is 0.150. The lowest BCUT2D eigenvalue weighted by Gasteiger charge is -2.34. The maximum Gasteiger partial charge on any atom is 0.241 e. The van der Waals surface area contributed by atoms with Gasteiger partial charge in [-0.1, -0.05) is 11.2 Å². The molecule has 2 aromatic heterocycles. The summed E-state index contributed by atoms with van der Waals surface area (Å²) in [5.41, 5.74) is 0. The molecule has 0 aliphatic carbocycles. The van der Waals surface area contributed by atoms with E-state index >= 15 is 0 Å². The third kappa shape index (κ3) is 2.75. The Labute approximate surface area is 128 Å². The first kappa shape index (κ1) is 13.4. The Morgan fingerprint density at radius 1 is 1.38 bits per heavy atom. The molecule has 2 bridgehead atoms. The van der Waals surface area contributed by atoms with Crippen LogP contribution in [0.3, 0.4) is 0 Å². The van der Waals surface area contributed by atoms with Crippen molar-refractivity contribution in [1.82, 2.24) is 20.4 Å². The second kappa shape index (κ2) is 5.51. The van der Waals surface area contributed by atoms with Crippen molar-refractivity contribution in [3.8, 4) is 10.7 Å². The minimum absolute atomic E-state index is 0.626. The lowest BCUT2D eigenvalue weighted by Crippen LogP contribution is -2.46. The van der Waals surface area contributed by atoms with Crippen LogP contribution >= 0.6 is 11.3 Å². The van der Waals surface area contributed by atoms with Crippen LogP contribution in [0, 0.1) is 0 Å². The van der Waals surface area contributed by atoms with E-state index in [1.54, 1.807) is 11.3 Å². The number of piperidine rings is 1. The molecule has 0 radical (unpaired) electrons. The van der Waals surface area contributed by atoms with Crippen LogP contribution in [-0.4, -0.2) is 40.2 Å². The molecular formula is C15H20N4OS. The van der Waals surface area contributed by atoms with Crippen molar-refractivity contribution in [2.24, 2.45) is 0 Å². The summed E-state index contributed by atoms with van der Waals surface area (Å²) in [6.07, 6.45) is 5.13. The zero-order chi connectivity index (χ0) is 14.2. The third-order valence-corrected chi connectivity index (χ3v) is 5.53. The highest BCUT2D eigenvalue weighted by molar-refractivity contribution is 7.13. The highest BCUT2D eigenvalue weighted by Gasteiger charge is 2.35. The van der Waals surface area contributed by atoms with E-state index in [0.29, 0.717) is 29.8 Å². The summed E-state index contributed by atoms with van der Waals surface area (Å²) in [5, 5.41) is 9.80. The predicted molar refractivity (Wildman–Crippen MR) is 82.0 cm³/mol. The number of nitrogens with zero attached hydrogens (tertiary/aromatic N) is 3. The molecule has 2 unspecified atom stereocenters. The highest BCUT2D eigenvalue weighted by atomic mass is 32.1. The van der Waals surface area contributed by atoms with E-state index in [0.717, 1.165) is 11.4 Å². The van der Waals surface area contributed by atoms with Crippen LogP contribution in [0.4, 0.5) is 0 Å². The molecule has 2 fully saturated rings. The number of thiophene rings is 1. The molecule has 2 aliphatic heterocycles. The Morgan fingerprint density at radius 3 is 2.90 bits per heavy atom. The van der Waals surface area contributed by atoms with Crippen molar-refractivity contribution in [3.63, 3.8) is 0 Å². The molecule has 1 N–H and O–H groups in total. The lowest BCUT2D eigenvalue weighted by atomic mass is 9.98. The van der Waals surface area contributed by atoms with E-state index in [9.17, 15) is 0 Å². The molecular weight excluding hydrogens is 284 g/mol. The fourth-order valence-electron chi connectivity index (χ4n) is 3.55. The van der Waals surface area contributed by atoms with Gasteiger partial charge in [-0.15, -0.1) is 11.3 Å². The van der Waals surface area contributed by atoms with Gasteiger partial charge in [0.05, 0.1) is 11.4 Å². The van der Waals surface area contributed by atoms with Crippen LogP contribution in [-0.2, 0) is 6.54 Å². The Morgan fingerprint density at radius 2 is 2.19 bits per heavy atom. The van der Waals surface area contributed by atoms with Crippen LogP contribution < -0.4 is 5.32 Å². The first-order valence-corrected chi connectivity index (χ1v) is 8.48. The minimum Gasteiger partial charge on any atom is -0.338 e. The third-order valence-electron chi connectivity index (χ3n) is 4.67. The SMILES string of the molecule is CN(Cc1nc(-c2cccs2)no1)C1CC2CCC(C1)N2. The smallest absolute Gasteiger partial charge is 0.241 e. The van der Waals surface area contributed by atoms with Crippen LogP contribution in [0.1, 0.15) is 31.6 Å². The van der Waals surface area contributed by atoms with Gasteiger partial charge in [-0.3, -0.25) is 4.90 Å². The molecule has 2 aliphatic rings. The molecule has 0 amide bonds. The quantitative estimate of drug-likeness (QED) is 0.940. The molecule has 2 aromatic rings. The van der Waals surface area contributed by atoms with Crippen molar-refractivity contribution >= 4 is 11.3 Å². The molecule has 0 spiro atoms. The fraction of sp³-hybridized carbons (Fsp3) is 0.600. The van der Waals surface area contributed by atoms with Gasteiger partial charge in [0.2, 0.25) is 11.7 Å². The molecule has 2 saturated heterocycles. The fourth-order valence-corrected chi connectivity index (χ4v) is 4.20. The summed E-state index contributed by atoms with van der Waals surface area (Å²) in [6.45, 7) is 0.739. The minimum atomic E-state index is 0.626. The topological polar surface area (TPSA) is 54.2 Å². The average Bonchev–Trinajstić information content (AvgIpc) is 3.20. The zero-order valence-corrected chi connectivity index (χ0v) is 13.0. The van der Waals surface area contributed by atoms with Crippen LogP contribution in [0.5, 0.6) is 0 Å². The van der Waals surface area contributed by atoms with Gasteiger partial charge >= 0.3 is 0 Å². The Kier molecular flexibility index (Phi) is 3.52. The molecule has 6 heteroatoms. The molecule has 5 nitrogen and oxygen atoms in total. The van der Waals surface area contributed by atoms with Gasteiger partial charge in [0, 0.05) is 18.1 Å². The number of hydrogen-bond donors (Lipinski definition) is 1. The molecule has 4 rings (SSSR count). The summed E-state index contributed by atoms with van der Waals surface area (Å²) in [6, 6.07) is 6.07. The van der Waals surface area contributed by atoms with Crippen molar-refractivity contribution in [3.05, 3.63) is 23.4 Å². The summed E-state index contributed by atoms with van der Waals surface area (Å²) < 4.78 is 5.41. The number of hydrogen-bond acceptors (Lipinski definition) is 6. The van der Waals surface area contributed by atoms with Crippen molar-refractivity contribution < 1.29 is 4.52 Å². The van der Waals surface area contributed by atoms with E-state index in [1.807, 2.05) is 17.5 Å². The molecule has 0 aromatic carbocycles. The summed E-state index contributed by atoms with van der Waals surface area (Å²) in [7, 11) is 2.17. The Bertz CT molecular complexity index is 585. The summed E-state index contributed by atoms with van der Waals surface area (Å²) in [5.74, 6) is 1.42. The van der Waals surface area contributed by atoms with Crippen molar-refractivity contribution in [1.29, 1.82) is 0 Å². The van der Waals surface area contributed by atoms with Gasteiger partial charge in [-0.25, -0.2) is 0 Å². The van der Waals surface area contributed by atoms with E-state index in [-0.39, 0.29) is 0 Å². The first-order chi connectivity index (χ1) is 10.3. The van der Waals surface area contributed by atoms with Gasteiger partial charge in [0.1, 0.15) is 0 Å². The van der Waals surface area contributed by atoms with Crippen LogP contribution in [0.15, 0.2) is 22.0 Å². The predicted octanol–water partition coefficient (Wildman–Crippen LogP) is 2.51. The van der Waals surface area contributed by atoms with Crippen molar-refractivity contribution in [2.45, 2.75) is 50.4 Å². The van der Waals surface area contributed by atoms with Gasteiger partial charge in [0.25, 0.3) is 0 Å². The maximum atomic E-state index is 5.41. The van der Waals surface area contributed by atoms with Crippen LogP contribution in [0.25, 0.3) is 10.7 Å². The molecule has 21 heavy (non-hydrogen) atoms. The number of nitrogens with one attached hydrogen (secondary N) is 1. The van der Waals surface area contributed by atoms with Crippen molar-refractivity contribution in [2.75, 3.05) is 7.05 Å². The van der Waals surface area contributed by atoms with E-state index in [2.05, 4.69) is 27.4 Å². The molecule has 2 atom stereocenters. The highest BCUT2D eigenvalue weighted by Crippen LogP contribution is 2.30. The van der Waals surface area contributed by atoms with E-state index < -0.39 is 0 Å². The number of fused-ring (bicyclic) bond motifs is 2. The second-order valence-corrected chi connectivity index (χ2v) is 7.11. The van der Waals surface area contributed by atoms with E-state index in [1.165, 1.54) is 25.7 Å². The molecule has 4 heterocycles. The summed E-state index contributed by atoms with van der Waals surface area (Å²) >= 11 is 1.64. The van der Waals surface area contributed by atoms with Crippen LogP contribution in [0.2, 0.25) is 0 Å². The zero-order valence-electron chi connectivity index (χ0n) is 12.2. The number of aromatic nitrogens is 2. The molecule has 112 valence electrons. The van der Waals surface area contributed by atoms with Gasteiger partial charge in [-0.2, -0.15) is 4.98 Å². The van der Waals surface area contributed by atoms with Gasteiger partial charge in [0.15, 0.2) is 0 Å². The van der Waals surface area contributed by atoms with E-state index in [4.69, 9.17) is 4.52 Å². The normalized spacial score (nSPS) is 28.4. The first-order valence-electron chi connectivity index (χ1n) is 7.60. The second-order valence-electron chi connectivity index (χ2n) is 6.17. The van der Waals surface area contributed by atoms with Gasteiger partial charge in [-0.05, 0) is 44.2 Å². The maximum absolute atomic E-state index is 5.41. The average molecular weight is 304 g/mol. The summed E-state index contributed by atoms with van der Waals surface area (Å²) in [4.78, 5) is 7.95. The Hall–Kier alpha value is -1.24.